The summed E-state index contributed by atoms with van der Waals surface area (Å²) in [4.78, 5) is 2.57. The number of rotatable bonds is 8. The fraction of sp³-hybridized carbons (Fsp3) is 0.0462. The molecule has 11 aromatic rings. The van der Waals surface area contributed by atoms with Gasteiger partial charge in [-0.05, 0) is 125 Å². The van der Waals surface area contributed by atoms with E-state index in [1.165, 1.54) is 88.3 Å². The summed E-state index contributed by atoms with van der Waals surface area (Å²) in [7, 11) is 0. The van der Waals surface area contributed by atoms with Gasteiger partial charge in [0.1, 0.15) is 0 Å². The summed E-state index contributed by atoms with van der Waals surface area (Å²) in [6, 6.07) is 91.7. The number of hydrogen-bond donors (Lipinski definition) is 0. The molecule has 0 saturated carbocycles. The zero-order valence-corrected chi connectivity index (χ0v) is 37.1. The van der Waals surface area contributed by atoms with Gasteiger partial charge in [-0.2, -0.15) is 0 Å². The molecule has 0 amide bonds. The molecular weight excluding hydrogens is 795 g/mol. The molecule has 0 fully saturated rings. The van der Waals surface area contributed by atoms with Gasteiger partial charge in [-0.25, -0.2) is 0 Å². The van der Waals surface area contributed by atoms with Crippen LogP contribution >= 0.6 is 0 Å². The van der Waals surface area contributed by atoms with E-state index in [1.54, 1.807) is 0 Å². The largest absolute Gasteiger partial charge is 0.309 e. The average molecular weight is 842 g/mol. The summed E-state index contributed by atoms with van der Waals surface area (Å²) in [5.74, 6) is 0. The van der Waals surface area contributed by atoms with Crippen molar-refractivity contribution in [3.05, 3.63) is 260 Å². The Kier molecular flexibility index (Phi) is 9.58. The molecule has 0 aromatic heterocycles. The zero-order chi connectivity index (χ0) is 44.2. The lowest BCUT2D eigenvalue weighted by molar-refractivity contribution is 0.660. The van der Waals surface area contributed by atoms with Crippen molar-refractivity contribution in [1.82, 2.24) is 0 Å². The first-order chi connectivity index (χ1) is 32.5. The average Bonchev–Trinajstić information content (AvgIpc) is 3.61. The Bertz CT molecular complexity index is 3510. The summed E-state index contributed by atoms with van der Waals surface area (Å²) < 4.78 is 0. The predicted octanol–water partition coefficient (Wildman–Crippen LogP) is 18.1. The Balaban J connectivity index is 1.16. The SMILES string of the molecule is CC1(C)c2cc(-c3ccccc3)ccc2-c2ccc(N(c3cc(-c4ccccc4)cc(-c4ccccc4)c3)c3c(-c4ccc(-c5ccccc5)cc4)c4ccccc4c4ccccc34)cc21. The van der Waals surface area contributed by atoms with Gasteiger partial charge in [-0.1, -0.05) is 226 Å². The van der Waals surface area contributed by atoms with Crippen LogP contribution in [0.5, 0.6) is 0 Å². The maximum atomic E-state index is 2.57. The van der Waals surface area contributed by atoms with Gasteiger partial charge in [-0.15, -0.1) is 0 Å². The molecule has 12 rings (SSSR count). The normalized spacial score (nSPS) is 12.5. The third kappa shape index (κ3) is 6.71. The number of nitrogens with zero attached hydrogens (tertiary/aromatic N) is 1. The van der Waals surface area contributed by atoms with Gasteiger partial charge in [0.2, 0.25) is 0 Å². The zero-order valence-electron chi connectivity index (χ0n) is 37.1. The fourth-order valence-corrected chi connectivity index (χ4v) is 10.5. The highest BCUT2D eigenvalue weighted by Gasteiger charge is 2.37. The molecule has 66 heavy (non-hydrogen) atoms. The minimum Gasteiger partial charge on any atom is -0.309 e. The van der Waals surface area contributed by atoms with Crippen LogP contribution in [0, 0.1) is 0 Å². The molecule has 1 aliphatic carbocycles. The summed E-state index contributed by atoms with van der Waals surface area (Å²) in [6.45, 7) is 4.80. The van der Waals surface area contributed by atoms with Crippen LogP contribution in [0.25, 0.3) is 88.3 Å². The molecule has 0 heterocycles. The highest BCUT2D eigenvalue weighted by Crippen LogP contribution is 2.54. The molecule has 0 N–H and O–H groups in total. The number of anilines is 3. The molecular formula is C65H47N. The smallest absolute Gasteiger partial charge is 0.0624 e. The van der Waals surface area contributed by atoms with E-state index in [4.69, 9.17) is 0 Å². The van der Waals surface area contributed by atoms with Gasteiger partial charge in [0.25, 0.3) is 0 Å². The molecule has 1 heteroatoms. The van der Waals surface area contributed by atoms with Crippen LogP contribution in [0.1, 0.15) is 25.0 Å². The van der Waals surface area contributed by atoms with Crippen molar-refractivity contribution in [3.63, 3.8) is 0 Å². The first kappa shape index (κ1) is 39.3. The van der Waals surface area contributed by atoms with Crippen molar-refractivity contribution in [3.8, 4) is 66.8 Å². The van der Waals surface area contributed by atoms with E-state index >= 15 is 0 Å². The molecule has 312 valence electrons. The van der Waals surface area contributed by atoms with E-state index in [1.807, 2.05) is 0 Å². The van der Waals surface area contributed by atoms with Crippen LogP contribution in [-0.2, 0) is 5.41 Å². The Morgan fingerprint density at radius 3 is 1.23 bits per heavy atom. The molecule has 0 radical (unpaired) electrons. The molecule has 0 atom stereocenters. The Labute approximate surface area is 387 Å². The molecule has 0 aliphatic heterocycles. The summed E-state index contributed by atoms with van der Waals surface area (Å²) >= 11 is 0. The van der Waals surface area contributed by atoms with Crippen LogP contribution in [0.2, 0.25) is 0 Å². The van der Waals surface area contributed by atoms with Crippen molar-refractivity contribution in [2.24, 2.45) is 0 Å². The van der Waals surface area contributed by atoms with Gasteiger partial charge < -0.3 is 4.90 Å². The minimum atomic E-state index is -0.250. The topological polar surface area (TPSA) is 3.24 Å². The highest BCUT2D eigenvalue weighted by molar-refractivity contribution is 6.22. The molecule has 0 saturated heterocycles. The van der Waals surface area contributed by atoms with Crippen molar-refractivity contribution in [2.45, 2.75) is 19.3 Å². The van der Waals surface area contributed by atoms with E-state index in [0.29, 0.717) is 0 Å². The van der Waals surface area contributed by atoms with Gasteiger partial charge in [0.15, 0.2) is 0 Å². The molecule has 1 aliphatic rings. The fourth-order valence-electron chi connectivity index (χ4n) is 10.5. The van der Waals surface area contributed by atoms with Crippen LogP contribution < -0.4 is 4.90 Å². The quantitative estimate of drug-likeness (QED) is 0.138. The Morgan fingerprint density at radius 1 is 0.273 bits per heavy atom. The standard InChI is InChI=1S/C65H47N/c1-65(2)61-42-50(45-21-9-4-10-22-45)35-37-57(61)58-38-36-53(43-62(58)65)66(54-40-51(46-23-11-5-12-24-46)39-52(41-54)47-25-13-6-14-26-47)64-60-30-18-16-28-56(60)55-27-15-17-29-59(55)63(64)49-33-31-48(32-34-49)44-19-7-3-8-20-44/h3-43H,1-2H3. The van der Waals surface area contributed by atoms with Gasteiger partial charge >= 0.3 is 0 Å². The van der Waals surface area contributed by atoms with Crippen molar-refractivity contribution in [1.29, 1.82) is 0 Å². The maximum Gasteiger partial charge on any atom is 0.0624 e. The van der Waals surface area contributed by atoms with Crippen LogP contribution in [0.4, 0.5) is 17.1 Å². The number of hydrogen-bond acceptors (Lipinski definition) is 1. The van der Waals surface area contributed by atoms with Crippen LogP contribution in [0.15, 0.2) is 249 Å². The van der Waals surface area contributed by atoms with Gasteiger partial charge in [0, 0.05) is 27.7 Å². The van der Waals surface area contributed by atoms with Crippen LogP contribution in [-0.4, -0.2) is 0 Å². The summed E-state index contributed by atoms with van der Waals surface area (Å²) in [5, 5.41) is 4.87. The first-order valence-electron chi connectivity index (χ1n) is 23.0. The molecule has 1 nitrogen and oxygen atoms in total. The van der Waals surface area contributed by atoms with Crippen LogP contribution in [0.3, 0.4) is 0 Å². The summed E-state index contributed by atoms with van der Waals surface area (Å²) in [6.07, 6.45) is 0. The lowest BCUT2D eigenvalue weighted by Crippen LogP contribution is -2.17. The van der Waals surface area contributed by atoms with Crippen molar-refractivity contribution in [2.75, 3.05) is 4.90 Å². The van der Waals surface area contributed by atoms with Crippen molar-refractivity contribution < 1.29 is 0 Å². The van der Waals surface area contributed by atoms with E-state index < -0.39 is 0 Å². The highest BCUT2D eigenvalue weighted by atomic mass is 15.1. The Morgan fingerprint density at radius 2 is 0.667 bits per heavy atom. The molecule has 0 bridgehead atoms. The lowest BCUT2D eigenvalue weighted by atomic mass is 9.81. The third-order valence-electron chi connectivity index (χ3n) is 13.8. The second kappa shape index (κ2) is 16.1. The molecule has 0 unspecified atom stereocenters. The van der Waals surface area contributed by atoms with E-state index in [2.05, 4.69) is 267 Å². The minimum absolute atomic E-state index is 0.250. The van der Waals surface area contributed by atoms with E-state index in [9.17, 15) is 0 Å². The number of benzene rings is 11. The van der Waals surface area contributed by atoms with E-state index in [0.717, 1.165) is 28.2 Å². The van der Waals surface area contributed by atoms with E-state index in [-0.39, 0.29) is 5.41 Å². The third-order valence-corrected chi connectivity index (χ3v) is 13.8. The lowest BCUT2D eigenvalue weighted by Gasteiger charge is -2.32. The second-order valence-corrected chi connectivity index (χ2v) is 18.1. The predicted molar refractivity (Wildman–Crippen MR) is 281 cm³/mol. The maximum absolute atomic E-state index is 2.57. The van der Waals surface area contributed by atoms with Gasteiger partial charge in [0.05, 0.1) is 5.69 Å². The van der Waals surface area contributed by atoms with Crippen molar-refractivity contribution >= 4 is 38.6 Å². The second-order valence-electron chi connectivity index (χ2n) is 18.1. The molecule has 11 aromatic carbocycles. The Hall–Kier alpha value is -8.26. The monoisotopic (exact) mass is 841 g/mol. The van der Waals surface area contributed by atoms with Gasteiger partial charge in [-0.3, -0.25) is 0 Å². The summed E-state index contributed by atoms with van der Waals surface area (Å²) in [5.41, 5.74) is 20.3. The first-order valence-corrected chi connectivity index (χ1v) is 23.0. The number of fused-ring (bicyclic) bond motifs is 6. The molecule has 0 spiro atoms.